The SMILES string of the molecule is CCCCCCCCOC(=O)CS.CCCCCCCCOC(=O)CS. The zero-order valence-electron chi connectivity index (χ0n) is 16.8. The number of carbonyl (C=O) groups excluding carboxylic acids is 2. The molecule has 0 unspecified atom stereocenters. The van der Waals surface area contributed by atoms with Gasteiger partial charge in [-0.2, -0.15) is 25.3 Å². The smallest absolute Gasteiger partial charge is 0.315 e. The number of ether oxygens (including phenoxy) is 2. The molecule has 0 aromatic carbocycles. The van der Waals surface area contributed by atoms with Gasteiger partial charge in [0.15, 0.2) is 0 Å². The minimum absolute atomic E-state index is 0.190. The first-order chi connectivity index (χ1) is 12.6. The summed E-state index contributed by atoms with van der Waals surface area (Å²) < 4.78 is 9.76. The fourth-order valence-corrected chi connectivity index (χ4v) is 2.41. The van der Waals surface area contributed by atoms with Gasteiger partial charge in [-0.25, -0.2) is 0 Å². The van der Waals surface area contributed by atoms with Crippen LogP contribution in [0, 0.1) is 0 Å². The van der Waals surface area contributed by atoms with E-state index in [0.717, 1.165) is 12.8 Å². The molecule has 0 bridgehead atoms. The van der Waals surface area contributed by atoms with E-state index in [-0.39, 0.29) is 23.4 Å². The van der Waals surface area contributed by atoms with Gasteiger partial charge in [-0.15, -0.1) is 0 Å². The molecule has 6 heteroatoms. The molecule has 0 fully saturated rings. The summed E-state index contributed by atoms with van der Waals surface area (Å²) >= 11 is 7.62. The van der Waals surface area contributed by atoms with Gasteiger partial charge in [0.25, 0.3) is 0 Å². The zero-order valence-corrected chi connectivity index (χ0v) is 18.6. The van der Waals surface area contributed by atoms with Gasteiger partial charge < -0.3 is 9.47 Å². The topological polar surface area (TPSA) is 52.6 Å². The monoisotopic (exact) mass is 408 g/mol. The van der Waals surface area contributed by atoms with Crippen LogP contribution in [0.2, 0.25) is 0 Å². The van der Waals surface area contributed by atoms with Crippen molar-refractivity contribution in [2.24, 2.45) is 0 Å². The van der Waals surface area contributed by atoms with Gasteiger partial charge in [0.05, 0.1) is 24.7 Å². The number of unbranched alkanes of at least 4 members (excludes halogenated alkanes) is 10. The fourth-order valence-electron chi connectivity index (χ4n) is 2.23. The van der Waals surface area contributed by atoms with Crippen molar-refractivity contribution in [2.45, 2.75) is 90.9 Å². The largest absolute Gasteiger partial charge is 0.465 e. The zero-order chi connectivity index (χ0) is 19.9. The van der Waals surface area contributed by atoms with Crippen LogP contribution in [-0.2, 0) is 19.1 Å². The Labute approximate surface area is 172 Å². The quantitative estimate of drug-likeness (QED) is 0.197. The normalized spacial score (nSPS) is 10.0. The van der Waals surface area contributed by atoms with Crippen molar-refractivity contribution in [1.29, 1.82) is 0 Å². The number of hydrogen-bond acceptors (Lipinski definition) is 6. The Hall–Kier alpha value is -0.360. The Morgan fingerprint density at radius 2 is 0.885 bits per heavy atom. The van der Waals surface area contributed by atoms with Crippen LogP contribution >= 0.6 is 25.3 Å². The molecule has 0 heterocycles. The number of rotatable bonds is 16. The van der Waals surface area contributed by atoms with Gasteiger partial charge in [0, 0.05) is 0 Å². The molecule has 0 aromatic heterocycles. The molecule has 0 aliphatic carbocycles. The first-order valence-electron chi connectivity index (χ1n) is 10.1. The average Bonchev–Trinajstić information content (AvgIpc) is 2.66. The first-order valence-corrected chi connectivity index (χ1v) is 11.4. The number of carbonyl (C=O) groups is 2. The predicted octanol–water partition coefficient (Wildman–Crippen LogP) is 5.64. The van der Waals surface area contributed by atoms with E-state index in [1.54, 1.807) is 0 Å². The van der Waals surface area contributed by atoms with Crippen molar-refractivity contribution < 1.29 is 19.1 Å². The lowest BCUT2D eigenvalue weighted by Crippen LogP contribution is -2.06. The highest BCUT2D eigenvalue weighted by Crippen LogP contribution is 2.05. The van der Waals surface area contributed by atoms with Crippen molar-refractivity contribution in [3.63, 3.8) is 0 Å². The lowest BCUT2D eigenvalue weighted by Gasteiger charge is -2.02. The van der Waals surface area contributed by atoms with Crippen molar-refractivity contribution in [3.8, 4) is 0 Å². The summed E-state index contributed by atoms with van der Waals surface area (Å²) in [6.45, 7) is 5.53. The molecule has 0 amide bonds. The molecule has 0 N–H and O–H groups in total. The lowest BCUT2D eigenvalue weighted by atomic mass is 10.1. The van der Waals surface area contributed by atoms with Crippen molar-refractivity contribution in [1.82, 2.24) is 0 Å². The summed E-state index contributed by atoms with van der Waals surface area (Å²) in [6, 6.07) is 0. The summed E-state index contributed by atoms with van der Waals surface area (Å²) in [6.07, 6.45) is 14.6. The van der Waals surface area contributed by atoms with Gasteiger partial charge in [0.2, 0.25) is 0 Å². The Balaban J connectivity index is 0. The van der Waals surface area contributed by atoms with Crippen molar-refractivity contribution in [2.75, 3.05) is 24.7 Å². The Morgan fingerprint density at radius 3 is 1.19 bits per heavy atom. The molecule has 0 atom stereocenters. The highest BCUT2D eigenvalue weighted by molar-refractivity contribution is 7.81. The standard InChI is InChI=1S/2C10H20O2S/c2*1-2-3-4-5-6-7-8-12-10(11)9-13/h2*13H,2-9H2,1H3. The molecule has 0 aromatic rings. The third kappa shape index (κ3) is 25.9. The van der Waals surface area contributed by atoms with E-state index < -0.39 is 0 Å². The maximum atomic E-state index is 10.6. The highest BCUT2D eigenvalue weighted by atomic mass is 32.1. The Bertz CT molecular complexity index is 282. The third-order valence-electron chi connectivity index (χ3n) is 3.78. The molecule has 0 saturated heterocycles. The van der Waals surface area contributed by atoms with E-state index >= 15 is 0 Å². The van der Waals surface area contributed by atoms with Gasteiger partial charge in [-0.1, -0.05) is 78.1 Å². The molecule has 4 nitrogen and oxygen atoms in total. The minimum Gasteiger partial charge on any atom is -0.465 e. The summed E-state index contributed by atoms with van der Waals surface area (Å²) in [5.41, 5.74) is 0. The molecular weight excluding hydrogens is 368 g/mol. The third-order valence-corrected chi connectivity index (χ3v) is 4.30. The molecule has 26 heavy (non-hydrogen) atoms. The number of hydrogen-bond donors (Lipinski definition) is 2. The molecule has 0 saturated carbocycles. The fraction of sp³-hybridized carbons (Fsp3) is 0.900. The second-order valence-corrected chi connectivity index (χ2v) is 6.93. The second-order valence-electron chi connectivity index (χ2n) is 6.29. The van der Waals surface area contributed by atoms with Crippen LogP contribution in [0.15, 0.2) is 0 Å². The number of esters is 2. The molecule has 0 rings (SSSR count). The molecule has 0 aliphatic rings. The van der Waals surface area contributed by atoms with Crippen LogP contribution in [0.4, 0.5) is 0 Å². The van der Waals surface area contributed by atoms with E-state index in [4.69, 9.17) is 9.47 Å². The second kappa shape index (κ2) is 24.6. The van der Waals surface area contributed by atoms with Gasteiger partial charge in [-0.3, -0.25) is 9.59 Å². The van der Waals surface area contributed by atoms with Crippen LogP contribution in [0.25, 0.3) is 0 Å². The molecular formula is C20H40O4S2. The van der Waals surface area contributed by atoms with Crippen LogP contribution in [0.5, 0.6) is 0 Å². The molecule has 0 aliphatic heterocycles. The maximum Gasteiger partial charge on any atom is 0.315 e. The lowest BCUT2D eigenvalue weighted by molar-refractivity contribution is -0.141. The molecule has 0 radical (unpaired) electrons. The van der Waals surface area contributed by atoms with Crippen LogP contribution in [0.3, 0.4) is 0 Å². The Kier molecular flexibility index (Phi) is 26.4. The average molecular weight is 409 g/mol. The van der Waals surface area contributed by atoms with E-state index in [1.165, 1.54) is 64.2 Å². The first kappa shape index (κ1) is 27.9. The predicted molar refractivity (Wildman–Crippen MR) is 116 cm³/mol. The van der Waals surface area contributed by atoms with Crippen molar-refractivity contribution >= 4 is 37.2 Å². The van der Waals surface area contributed by atoms with Crippen molar-refractivity contribution in [3.05, 3.63) is 0 Å². The van der Waals surface area contributed by atoms with Crippen LogP contribution in [-0.4, -0.2) is 36.7 Å². The molecule has 156 valence electrons. The highest BCUT2D eigenvalue weighted by Gasteiger charge is 1.98. The van der Waals surface area contributed by atoms with E-state index in [0.29, 0.717) is 13.2 Å². The van der Waals surface area contributed by atoms with E-state index in [2.05, 4.69) is 39.1 Å². The minimum atomic E-state index is -0.211. The van der Waals surface area contributed by atoms with Crippen LogP contribution < -0.4 is 0 Å². The van der Waals surface area contributed by atoms with Gasteiger partial charge in [-0.05, 0) is 12.8 Å². The summed E-state index contributed by atoms with van der Waals surface area (Å²) in [7, 11) is 0. The summed E-state index contributed by atoms with van der Waals surface area (Å²) in [4.78, 5) is 21.3. The van der Waals surface area contributed by atoms with E-state index in [9.17, 15) is 9.59 Å². The molecule has 0 spiro atoms. The summed E-state index contributed by atoms with van der Waals surface area (Å²) in [5.74, 6) is -0.0418. The van der Waals surface area contributed by atoms with Gasteiger partial charge in [0.1, 0.15) is 0 Å². The van der Waals surface area contributed by atoms with E-state index in [1.807, 2.05) is 0 Å². The van der Waals surface area contributed by atoms with Gasteiger partial charge >= 0.3 is 11.9 Å². The van der Waals surface area contributed by atoms with Crippen LogP contribution in [0.1, 0.15) is 90.9 Å². The maximum absolute atomic E-state index is 10.6. The Morgan fingerprint density at radius 1 is 0.577 bits per heavy atom. The number of thiol groups is 2. The summed E-state index contributed by atoms with van der Waals surface area (Å²) in [5, 5.41) is 0.